The molecule has 0 bridgehead atoms. The summed E-state index contributed by atoms with van der Waals surface area (Å²) in [4.78, 5) is 24.7. The van der Waals surface area contributed by atoms with Crippen LogP contribution in [-0.4, -0.2) is 58.3 Å². The third-order valence-corrected chi connectivity index (χ3v) is 4.06. The molecule has 0 aliphatic heterocycles. The summed E-state index contributed by atoms with van der Waals surface area (Å²) in [5, 5.41) is 29.7. The van der Waals surface area contributed by atoms with Crippen LogP contribution in [0.4, 0.5) is 0 Å². The standard InChI is InChI=1S/C11H23NO2.C6H14N4O2.C4H5NO/c1-4-5-6-7-12-10(11(13)14)8-9(2)3;7-4(5(11)12)2-1-3-10-6(8)9;1-4-2-5-3-6-4/h9-10,12H,4-8H2,1-3H3,(H,13,14);4H,1-3,7H2,(H,11,12)(H4,8,9,10);2-3H,1H3. The van der Waals surface area contributed by atoms with Crippen molar-refractivity contribution in [2.75, 3.05) is 13.1 Å². The minimum Gasteiger partial charge on any atom is -0.480 e. The van der Waals surface area contributed by atoms with E-state index in [0.29, 0.717) is 31.7 Å². The Morgan fingerprint density at radius 3 is 2.22 bits per heavy atom. The second-order valence-electron chi connectivity index (χ2n) is 7.72. The van der Waals surface area contributed by atoms with Crippen molar-refractivity contribution in [2.24, 2.45) is 17.4 Å². The fourth-order valence-corrected chi connectivity index (χ4v) is 2.34. The van der Waals surface area contributed by atoms with Gasteiger partial charge in [0.25, 0.3) is 0 Å². The van der Waals surface area contributed by atoms with E-state index in [-0.39, 0.29) is 12.0 Å². The van der Waals surface area contributed by atoms with Gasteiger partial charge in [-0.05, 0) is 45.1 Å². The van der Waals surface area contributed by atoms with Crippen LogP contribution in [0.1, 0.15) is 65.1 Å². The number of carboxylic acid groups (broad SMARTS) is 2. The molecule has 0 saturated carbocycles. The summed E-state index contributed by atoms with van der Waals surface area (Å²) in [6.07, 6.45) is 8.17. The highest BCUT2D eigenvalue weighted by atomic mass is 16.4. The van der Waals surface area contributed by atoms with Gasteiger partial charge in [0, 0.05) is 6.54 Å². The van der Waals surface area contributed by atoms with Gasteiger partial charge in [-0.15, -0.1) is 0 Å². The molecular weight excluding hydrogens is 416 g/mol. The van der Waals surface area contributed by atoms with Crippen molar-refractivity contribution in [3.05, 3.63) is 18.4 Å². The van der Waals surface area contributed by atoms with Crippen molar-refractivity contribution in [3.8, 4) is 0 Å². The van der Waals surface area contributed by atoms with Gasteiger partial charge in [-0.25, -0.2) is 4.98 Å². The van der Waals surface area contributed by atoms with Crippen LogP contribution < -0.4 is 22.1 Å². The normalized spacial score (nSPS) is 11.9. The lowest BCUT2D eigenvalue weighted by atomic mass is 10.0. The van der Waals surface area contributed by atoms with Crippen molar-refractivity contribution in [2.45, 2.75) is 78.3 Å². The van der Waals surface area contributed by atoms with E-state index in [1.165, 1.54) is 19.2 Å². The average molecular weight is 459 g/mol. The Hall–Kier alpha value is -2.66. The second kappa shape index (κ2) is 20.3. The average Bonchev–Trinajstić information content (AvgIpc) is 3.18. The zero-order valence-electron chi connectivity index (χ0n) is 19.8. The maximum absolute atomic E-state index is 10.8. The summed E-state index contributed by atoms with van der Waals surface area (Å²) < 4.78 is 4.72. The molecule has 11 heteroatoms. The molecule has 0 radical (unpaired) electrons. The lowest BCUT2D eigenvalue weighted by Gasteiger charge is -2.16. The molecule has 0 aromatic carbocycles. The highest BCUT2D eigenvalue weighted by molar-refractivity contribution is 5.74. The van der Waals surface area contributed by atoms with Gasteiger partial charge in [0.2, 0.25) is 0 Å². The van der Waals surface area contributed by atoms with Crippen LogP contribution in [0.2, 0.25) is 0 Å². The molecule has 0 amide bonds. The Labute approximate surface area is 190 Å². The van der Waals surface area contributed by atoms with Gasteiger partial charge in [0.05, 0.1) is 6.20 Å². The Bertz CT molecular complexity index is 610. The van der Waals surface area contributed by atoms with Crippen molar-refractivity contribution >= 4 is 17.9 Å². The third kappa shape index (κ3) is 22.0. The highest BCUT2D eigenvalue weighted by Crippen LogP contribution is 2.05. The van der Waals surface area contributed by atoms with Gasteiger partial charge in [0.1, 0.15) is 17.8 Å². The first-order chi connectivity index (χ1) is 15.0. The van der Waals surface area contributed by atoms with Crippen LogP contribution in [-0.2, 0) is 9.59 Å². The molecule has 2 atom stereocenters. The van der Waals surface area contributed by atoms with Gasteiger partial charge in [-0.3, -0.25) is 15.0 Å². The van der Waals surface area contributed by atoms with E-state index in [2.05, 4.69) is 22.5 Å². The number of nitrogens with two attached hydrogens (primary N) is 2. The van der Waals surface area contributed by atoms with Gasteiger partial charge in [0.15, 0.2) is 12.4 Å². The third-order valence-electron chi connectivity index (χ3n) is 4.06. The van der Waals surface area contributed by atoms with Gasteiger partial charge in [-0.1, -0.05) is 33.6 Å². The van der Waals surface area contributed by atoms with E-state index >= 15 is 0 Å². The number of rotatable bonds is 13. The highest BCUT2D eigenvalue weighted by Gasteiger charge is 2.17. The molecule has 32 heavy (non-hydrogen) atoms. The maximum atomic E-state index is 10.8. The minimum atomic E-state index is -1.00. The number of hydrogen-bond acceptors (Lipinski definition) is 7. The zero-order chi connectivity index (χ0) is 24.9. The van der Waals surface area contributed by atoms with Gasteiger partial charge >= 0.3 is 11.9 Å². The molecule has 1 aromatic rings. The van der Waals surface area contributed by atoms with Gasteiger partial charge < -0.3 is 36.7 Å². The molecule has 1 rings (SSSR count). The molecule has 9 N–H and O–H groups in total. The number of aliphatic carboxylic acids is 2. The fourth-order valence-electron chi connectivity index (χ4n) is 2.34. The quantitative estimate of drug-likeness (QED) is 0.130. The lowest BCUT2D eigenvalue weighted by molar-refractivity contribution is -0.140. The number of aromatic nitrogens is 1. The lowest BCUT2D eigenvalue weighted by Crippen LogP contribution is -2.38. The molecule has 0 aliphatic rings. The first-order valence-corrected chi connectivity index (χ1v) is 10.9. The van der Waals surface area contributed by atoms with Crippen LogP contribution in [0.3, 0.4) is 0 Å². The SMILES string of the molecule is CCCCCNC(CC(C)C)C(=O)O.Cc1cnco1.N=C(N)NCCCC(N)C(=O)O. The van der Waals surface area contributed by atoms with Crippen LogP contribution in [0.25, 0.3) is 0 Å². The summed E-state index contributed by atoms with van der Waals surface area (Å²) in [5.41, 5.74) is 10.2. The van der Waals surface area contributed by atoms with E-state index in [1.807, 2.05) is 20.8 Å². The zero-order valence-corrected chi connectivity index (χ0v) is 19.8. The first-order valence-electron chi connectivity index (χ1n) is 10.9. The summed E-state index contributed by atoms with van der Waals surface area (Å²) in [7, 11) is 0. The Morgan fingerprint density at radius 1 is 1.19 bits per heavy atom. The minimum absolute atomic E-state index is 0.112. The molecule has 186 valence electrons. The summed E-state index contributed by atoms with van der Waals surface area (Å²) in [6.45, 7) is 9.39. The number of hydrogen-bond donors (Lipinski definition) is 7. The number of oxazole rings is 1. The van der Waals surface area contributed by atoms with E-state index in [9.17, 15) is 9.59 Å². The first kappa shape index (κ1) is 31.5. The molecule has 2 unspecified atom stereocenters. The molecular formula is C21H42N6O5. The number of carboxylic acids is 2. The van der Waals surface area contributed by atoms with Crippen molar-refractivity contribution in [3.63, 3.8) is 0 Å². The number of carbonyl (C=O) groups is 2. The molecule has 0 fully saturated rings. The topological polar surface area (TPSA) is 201 Å². The van der Waals surface area contributed by atoms with Crippen LogP contribution in [0.15, 0.2) is 17.0 Å². The van der Waals surface area contributed by atoms with E-state index in [1.54, 1.807) is 6.20 Å². The Balaban J connectivity index is 0. The number of aryl methyl sites for hydroxylation is 1. The van der Waals surface area contributed by atoms with E-state index in [0.717, 1.165) is 18.7 Å². The number of unbranched alkanes of at least 4 members (excludes halogenated alkanes) is 2. The van der Waals surface area contributed by atoms with Crippen LogP contribution >= 0.6 is 0 Å². The molecule has 1 heterocycles. The van der Waals surface area contributed by atoms with Crippen LogP contribution in [0.5, 0.6) is 0 Å². The molecule has 0 aliphatic carbocycles. The number of nitrogens with zero attached hydrogens (tertiary/aromatic N) is 1. The molecule has 0 spiro atoms. The molecule has 1 aromatic heterocycles. The van der Waals surface area contributed by atoms with Crippen molar-refractivity contribution in [1.82, 2.24) is 15.6 Å². The number of nitrogens with one attached hydrogen (secondary N) is 3. The molecule has 0 saturated heterocycles. The van der Waals surface area contributed by atoms with E-state index in [4.69, 9.17) is 31.5 Å². The predicted octanol–water partition coefficient (Wildman–Crippen LogP) is 1.91. The molecule has 11 nitrogen and oxygen atoms in total. The smallest absolute Gasteiger partial charge is 0.320 e. The largest absolute Gasteiger partial charge is 0.480 e. The Kier molecular flexibility index (Phi) is 20.0. The Morgan fingerprint density at radius 2 is 1.84 bits per heavy atom. The predicted molar refractivity (Wildman–Crippen MR) is 124 cm³/mol. The van der Waals surface area contributed by atoms with Crippen molar-refractivity contribution < 1.29 is 24.2 Å². The van der Waals surface area contributed by atoms with Crippen LogP contribution in [0, 0.1) is 18.3 Å². The number of guanidine groups is 1. The van der Waals surface area contributed by atoms with Crippen molar-refractivity contribution in [1.29, 1.82) is 5.41 Å². The van der Waals surface area contributed by atoms with Gasteiger partial charge in [-0.2, -0.15) is 0 Å². The summed E-state index contributed by atoms with van der Waals surface area (Å²) >= 11 is 0. The maximum Gasteiger partial charge on any atom is 0.320 e. The fraction of sp³-hybridized carbons (Fsp3) is 0.714. The summed E-state index contributed by atoms with van der Waals surface area (Å²) in [6, 6.07) is -1.19. The second-order valence-corrected chi connectivity index (χ2v) is 7.72. The summed E-state index contributed by atoms with van der Waals surface area (Å²) in [5.74, 6) is -0.559. The monoisotopic (exact) mass is 458 g/mol. The van der Waals surface area contributed by atoms with E-state index < -0.39 is 18.0 Å².